The van der Waals surface area contributed by atoms with Crippen LogP contribution in [0.3, 0.4) is 0 Å². The number of aromatic amines is 1. The molecule has 9 nitrogen and oxygen atoms in total. The number of nitrogens with one attached hydrogen (secondary N) is 1. The first-order valence-electron chi connectivity index (χ1n) is 15.4. The molecular formula is C32H34F5N7O2. The fourth-order valence-corrected chi connectivity index (χ4v) is 7.49. The maximum absolute atomic E-state index is 16.9. The van der Waals surface area contributed by atoms with E-state index in [0.717, 1.165) is 25.5 Å². The van der Waals surface area contributed by atoms with E-state index in [9.17, 15) is 22.7 Å². The van der Waals surface area contributed by atoms with Gasteiger partial charge in [-0.15, -0.1) is 0 Å². The second-order valence-electron chi connectivity index (χ2n) is 12.9. The maximum Gasteiger partial charge on any atom is 0.417 e. The number of hydrogen-bond donors (Lipinski definition) is 2. The predicted molar refractivity (Wildman–Crippen MR) is 163 cm³/mol. The fraction of sp³-hybridized carbons (Fsp3) is 0.500. The van der Waals surface area contributed by atoms with Gasteiger partial charge in [-0.25, -0.2) is 8.78 Å². The van der Waals surface area contributed by atoms with E-state index in [1.807, 2.05) is 4.90 Å². The molecule has 0 aliphatic carbocycles. The first-order chi connectivity index (χ1) is 21.9. The summed E-state index contributed by atoms with van der Waals surface area (Å²) in [5.74, 6) is -0.660. The SMILES string of the molecule is C/C=C\c1c(C(F)(F)F)cc2[nH]ncc2c1-c1ncc2c(N3CCC[C@@](C)(O)C3)nc(OC[C@@]34CCCN3C[C@H](F)C4)nc2c1F. The van der Waals surface area contributed by atoms with Crippen LogP contribution in [0.25, 0.3) is 39.1 Å². The van der Waals surface area contributed by atoms with Gasteiger partial charge >= 0.3 is 12.2 Å². The Morgan fingerprint density at radius 2 is 1.96 bits per heavy atom. The molecule has 244 valence electrons. The number of nitrogens with zero attached hydrogens (tertiary/aromatic N) is 6. The third kappa shape index (κ3) is 5.24. The Balaban J connectivity index is 1.41. The summed E-state index contributed by atoms with van der Waals surface area (Å²) < 4.78 is 80.3. The molecule has 46 heavy (non-hydrogen) atoms. The minimum Gasteiger partial charge on any atom is -0.461 e. The number of allylic oxidation sites excluding steroid dienone is 1. The molecule has 0 amide bonds. The van der Waals surface area contributed by atoms with Crippen LogP contribution in [-0.4, -0.2) is 85.3 Å². The van der Waals surface area contributed by atoms with Gasteiger partial charge in [-0.1, -0.05) is 12.2 Å². The first kappa shape index (κ1) is 30.7. The fourth-order valence-electron chi connectivity index (χ4n) is 7.49. The largest absolute Gasteiger partial charge is 0.461 e. The van der Waals surface area contributed by atoms with Crippen LogP contribution in [0.15, 0.2) is 24.5 Å². The summed E-state index contributed by atoms with van der Waals surface area (Å²) in [6, 6.07) is 0.809. The van der Waals surface area contributed by atoms with Crippen molar-refractivity contribution in [2.75, 3.05) is 37.7 Å². The van der Waals surface area contributed by atoms with Crippen molar-refractivity contribution in [3.05, 3.63) is 41.5 Å². The highest BCUT2D eigenvalue weighted by atomic mass is 19.4. The highest BCUT2D eigenvalue weighted by Gasteiger charge is 2.49. The Morgan fingerprint density at radius 1 is 1.15 bits per heavy atom. The van der Waals surface area contributed by atoms with Crippen molar-refractivity contribution in [1.29, 1.82) is 0 Å². The molecule has 0 spiro atoms. The summed E-state index contributed by atoms with van der Waals surface area (Å²) in [6.07, 6.45) is 2.87. The lowest BCUT2D eigenvalue weighted by Crippen LogP contribution is -2.46. The zero-order valence-electron chi connectivity index (χ0n) is 25.5. The van der Waals surface area contributed by atoms with Crippen LogP contribution in [0.2, 0.25) is 0 Å². The van der Waals surface area contributed by atoms with Gasteiger partial charge in [-0.05, 0) is 57.7 Å². The molecule has 1 aromatic carbocycles. The summed E-state index contributed by atoms with van der Waals surface area (Å²) in [5.41, 5.74) is -3.30. The zero-order chi connectivity index (χ0) is 32.4. The Morgan fingerprint density at radius 3 is 2.72 bits per heavy atom. The Bertz CT molecular complexity index is 1840. The molecular weight excluding hydrogens is 609 g/mol. The molecule has 3 aliphatic heterocycles. The average molecular weight is 644 g/mol. The van der Waals surface area contributed by atoms with Crippen molar-refractivity contribution >= 4 is 33.7 Å². The summed E-state index contributed by atoms with van der Waals surface area (Å²) in [5, 5.41) is 17.8. The topological polar surface area (TPSA) is 103 Å². The van der Waals surface area contributed by atoms with E-state index < -0.39 is 34.9 Å². The molecule has 3 aliphatic rings. The van der Waals surface area contributed by atoms with E-state index in [-0.39, 0.29) is 57.8 Å². The first-order valence-corrected chi connectivity index (χ1v) is 15.4. The minimum absolute atomic E-state index is 0.0722. The van der Waals surface area contributed by atoms with Gasteiger partial charge in [-0.3, -0.25) is 15.0 Å². The van der Waals surface area contributed by atoms with Crippen LogP contribution in [0.5, 0.6) is 6.01 Å². The van der Waals surface area contributed by atoms with E-state index in [2.05, 4.69) is 30.0 Å². The lowest BCUT2D eigenvalue weighted by Gasteiger charge is -2.38. The Labute approximate surface area is 261 Å². The number of fused-ring (bicyclic) bond motifs is 3. The number of hydrogen-bond acceptors (Lipinski definition) is 8. The van der Waals surface area contributed by atoms with E-state index in [0.29, 0.717) is 38.2 Å². The van der Waals surface area contributed by atoms with Crippen LogP contribution < -0.4 is 9.64 Å². The summed E-state index contributed by atoms with van der Waals surface area (Å²) in [7, 11) is 0. The van der Waals surface area contributed by atoms with Crippen molar-refractivity contribution < 1.29 is 31.8 Å². The molecule has 0 radical (unpaired) electrons. The van der Waals surface area contributed by atoms with Gasteiger partial charge in [0.1, 0.15) is 29.8 Å². The van der Waals surface area contributed by atoms with E-state index in [4.69, 9.17) is 4.74 Å². The van der Waals surface area contributed by atoms with Gasteiger partial charge in [0.25, 0.3) is 0 Å². The average Bonchev–Trinajstić information content (AvgIpc) is 3.69. The van der Waals surface area contributed by atoms with Crippen LogP contribution in [-0.2, 0) is 6.18 Å². The maximum atomic E-state index is 16.9. The standard InChI is InChI=1S/C32H34F5N7O2/c1-3-6-19-22(32(35,36)37)11-23-20(14-39-42-23)24(19)27-25(34)26-21(13-38-27)28(43-9-4-7-30(2,45)16-43)41-29(40-26)46-17-31-8-5-10-44(31)15-18(33)12-31/h3,6,11,13-14,18,45H,4-5,7-10,12,15-17H2,1-2H3,(H,39,42)/b6-3-/t18-,30-,31+/m1/s1. The van der Waals surface area contributed by atoms with Crippen molar-refractivity contribution in [3.8, 4) is 17.3 Å². The molecule has 3 aromatic heterocycles. The lowest BCUT2D eigenvalue weighted by atomic mass is 9.93. The Hall–Kier alpha value is -3.91. The smallest absolute Gasteiger partial charge is 0.417 e. The third-order valence-electron chi connectivity index (χ3n) is 9.51. The minimum atomic E-state index is -4.75. The number of benzene rings is 1. The summed E-state index contributed by atoms with van der Waals surface area (Å²) in [6.45, 7) is 5.20. The number of H-pyrrole nitrogens is 1. The number of aliphatic hydroxyl groups is 1. The van der Waals surface area contributed by atoms with Crippen LogP contribution in [0.1, 0.15) is 57.1 Å². The molecule has 3 atom stereocenters. The summed E-state index contributed by atoms with van der Waals surface area (Å²) >= 11 is 0. The third-order valence-corrected chi connectivity index (χ3v) is 9.51. The van der Waals surface area contributed by atoms with Crippen molar-refractivity contribution in [2.24, 2.45) is 0 Å². The predicted octanol–water partition coefficient (Wildman–Crippen LogP) is 6.07. The van der Waals surface area contributed by atoms with Gasteiger partial charge < -0.3 is 14.7 Å². The molecule has 0 saturated carbocycles. The second-order valence-corrected chi connectivity index (χ2v) is 12.9. The highest BCUT2D eigenvalue weighted by Crippen LogP contribution is 2.44. The van der Waals surface area contributed by atoms with Gasteiger partial charge in [0.2, 0.25) is 0 Å². The molecule has 0 bridgehead atoms. The van der Waals surface area contributed by atoms with E-state index in [1.165, 1.54) is 24.5 Å². The molecule has 0 unspecified atom stereocenters. The quantitative estimate of drug-likeness (QED) is 0.245. The monoisotopic (exact) mass is 643 g/mol. The number of piperidine rings is 1. The zero-order valence-corrected chi connectivity index (χ0v) is 25.5. The number of anilines is 1. The van der Waals surface area contributed by atoms with Gasteiger partial charge in [0.05, 0.1) is 33.8 Å². The molecule has 6 heterocycles. The number of halogens is 5. The second kappa shape index (κ2) is 11.1. The molecule has 4 aromatic rings. The number of β-amino-alcohol motifs (C(OH)–C–C–N with tert-alkyl or cyclic N) is 1. The van der Waals surface area contributed by atoms with Gasteiger partial charge in [0, 0.05) is 43.2 Å². The number of alkyl halides is 4. The summed E-state index contributed by atoms with van der Waals surface area (Å²) in [4.78, 5) is 17.4. The number of ether oxygens (including phenoxy) is 1. The highest BCUT2D eigenvalue weighted by molar-refractivity contribution is 6.01. The molecule has 2 N–H and O–H groups in total. The van der Waals surface area contributed by atoms with Crippen LogP contribution in [0.4, 0.5) is 27.8 Å². The van der Waals surface area contributed by atoms with Crippen LogP contribution >= 0.6 is 0 Å². The van der Waals surface area contributed by atoms with Gasteiger partial charge in [-0.2, -0.15) is 28.2 Å². The number of pyridine rings is 1. The molecule has 7 rings (SSSR count). The van der Waals surface area contributed by atoms with Crippen molar-refractivity contribution in [2.45, 2.75) is 69.4 Å². The van der Waals surface area contributed by atoms with E-state index in [1.54, 1.807) is 13.8 Å². The molecule has 14 heteroatoms. The number of aromatic nitrogens is 5. The molecule has 3 saturated heterocycles. The lowest BCUT2D eigenvalue weighted by molar-refractivity contribution is -0.137. The Kier molecular flexibility index (Phi) is 7.42. The van der Waals surface area contributed by atoms with Crippen LogP contribution in [0, 0.1) is 5.82 Å². The molecule has 3 fully saturated rings. The number of rotatable bonds is 6. The normalized spacial score (nSPS) is 25.7. The van der Waals surface area contributed by atoms with Gasteiger partial charge in [0.15, 0.2) is 5.82 Å². The van der Waals surface area contributed by atoms with E-state index >= 15 is 4.39 Å². The van der Waals surface area contributed by atoms with Crippen molar-refractivity contribution in [1.82, 2.24) is 30.0 Å². The van der Waals surface area contributed by atoms with Crippen molar-refractivity contribution in [3.63, 3.8) is 0 Å².